The van der Waals surface area contributed by atoms with E-state index in [1.807, 2.05) is 30.3 Å². The average molecular weight is 466 g/mol. The number of carbonyl (C=O) groups is 4. The van der Waals surface area contributed by atoms with Crippen LogP contribution in [0, 0.1) is 0 Å². The summed E-state index contributed by atoms with van der Waals surface area (Å²) in [4.78, 5) is 46.6. The van der Waals surface area contributed by atoms with Gasteiger partial charge in [-0.3, -0.25) is 19.2 Å². The van der Waals surface area contributed by atoms with Crippen molar-refractivity contribution in [3.8, 4) is 0 Å². The second-order valence-corrected chi connectivity index (χ2v) is 7.53. The molecule has 33 heavy (non-hydrogen) atoms. The minimum Gasteiger partial charge on any atom is -0.463 e. The van der Waals surface area contributed by atoms with Crippen LogP contribution >= 0.6 is 0 Å². The maximum absolute atomic E-state index is 11.8. The minimum absolute atomic E-state index is 0.239. The fourth-order valence-corrected chi connectivity index (χ4v) is 3.44. The van der Waals surface area contributed by atoms with Crippen LogP contribution in [0.3, 0.4) is 0 Å². The molecule has 1 aliphatic heterocycles. The first-order valence-corrected chi connectivity index (χ1v) is 10.6. The number of esters is 4. The Labute approximate surface area is 192 Å². The molecule has 0 bridgehead atoms. The summed E-state index contributed by atoms with van der Waals surface area (Å²) in [5.41, 5.74) is 1.13. The Hall–Kier alpha value is -2.98. The van der Waals surface area contributed by atoms with Crippen LogP contribution in [0.4, 0.5) is 0 Å². The number of hydrogen-bond donors (Lipinski definition) is 0. The van der Waals surface area contributed by atoms with E-state index in [4.69, 9.17) is 28.4 Å². The summed E-state index contributed by atoms with van der Waals surface area (Å²) in [5.74, 6) is -2.62. The second-order valence-electron chi connectivity index (χ2n) is 7.53. The predicted octanol–water partition coefficient (Wildman–Crippen LogP) is 1.72. The summed E-state index contributed by atoms with van der Waals surface area (Å²) < 4.78 is 32.8. The first-order chi connectivity index (χ1) is 15.7. The van der Waals surface area contributed by atoms with Crippen molar-refractivity contribution in [2.24, 2.45) is 0 Å². The van der Waals surface area contributed by atoms with E-state index in [9.17, 15) is 19.2 Å². The lowest BCUT2D eigenvalue weighted by atomic mass is 9.98. The fourth-order valence-electron chi connectivity index (χ4n) is 3.44. The molecular weight excluding hydrogens is 436 g/mol. The molecule has 182 valence electrons. The Balaban J connectivity index is 2.21. The second kappa shape index (κ2) is 12.9. The molecule has 10 heteroatoms. The molecule has 1 aliphatic rings. The zero-order chi connectivity index (χ0) is 24.4. The highest BCUT2D eigenvalue weighted by Gasteiger charge is 2.52. The van der Waals surface area contributed by atoms with Gasteiger partial charge in [0.2, 0.25) is 0 Å². The van der Waals surface area contributed by atoms with Crippen LogP contribution in [-0.2, 0) is 54.0 Å². The van der Waals surface area contributed by atoms with Crippen LogP contribution in [0.15, 0.2) is 30.3 Å². The van der Waals surface area contributed by atoms with Gasteiger partial charge in [0.25, 0.3) is 0 Å². The van der Waals surface area contributed by atoms with Gasteiger partial charge in [-0.1, -0.05) is 30.3 Å². The van der Waals surface area contributed by atoms with Gasteiger partial charge >= 0.3 is 23.9 Å². The molecule has 0 radical (unpaired) electrons. The van der Waals surface area contributed by atoms with Crippen molar-refractivity contribution in [3.05, 3.63) is 35.9 Å². The van der Waals surface area contributed by atoms with Crippen molar-refractivity contribution in [3.63, 3.8) is 0 Å². The topological polar surface area (TPSA) is 124 Å². The molecule has 1 aromatic rings. The molecule has 0 spiro atoms. The fraction of sp³-hybridized carbons (Fsp3) is 0.565. The third-order valence-electron chi connectivity index (χ3n) is 4.68. The Morgan fingerprint density at radius 2 is 1.36 bits per heavy atom. The summed E-state index contributed by atoms with van der Waals surface area (Å²) in [5, 5.41) is 0. The summed E-state index contributed by atoms with van der Waals surface area (Å²) in [6, 6.07) is 9.80. The van der Waals surface area contributed by atoms with Crippen molar-refractivity contribution >= 4 is 23.9 Å². The standard InChI is InChI=1S/C23H30O10/c1-14(24)29-13-19-20(30-15(2)25)21(31-16(3)26)22(32-17(4)27)23(33-19)28-12-8-11-18-9-6-5-7-10-18/h5-7,9-10,19-23H,8,11-13H2,1-4H3/t19-,20-,21+,22+,23-/m1/s1. The summed E-state index contributed by atoms with van der Waals surface area (Å²) in [6.45, 7) is 4.68. The van der Waals surface area contributed by atoms with E-state index in [-0.39, 0.29) is 13.2 Å². The Morgan fingerprint density at radius 1 is 0.788 bits per heavy atom. The number of benzene rings is 1. The highest BCUT2D eigenvalue weighted by molar-refractivity contribution is 5.68. The molecule has 2 rings (SSSR count). The van der Waals surface area contributed by atoms with Crippen molar-refractivity contribution in [1.82, 2.24) is 0 Å². The Kier molecular flexibility index (Phi) is 10.3. The molecular formula is C23H30O10. The minimum atomic E-state index is -1.23. The number of rotatable bonds is 10. The normalized spacial score (nSPS) is 24.4. The maximum atomic E-state index is 11.8. The lowest BCUT2D eigenvalue weighted by molar-refractivity contribution is -0.308. The van der Waals surface area contributed by atoms with E-state index in [2.05, 4.69) is 0 Å². The molecule has 10 nitrogen and oxygen atoms in total. The van der Waals surface area contributed by atoms with Crippen molar-refractivity contribution in [1.29, 1.82) is 0 Å². The number of aryl methyl sites for hydroxylation is 1. The highest BCUT2D eigenvalue weighted by atomic mass is 16.7. The monoisotopic (exact) mass is 466 g/mol. The first-order valence-electron chi connectivity index (χ1n) is 10.6. The van der Waals surface area contributed by atoms with Gasteiger partial charge in [-0.2, -0.15) is 0 Å². The van der Waals surface area contributed by atoms with Crippen LogP contribution in [0.2, 0.25) is 0 Å². The van der Waals surface area contributed by atoms with Crippen molar-refractivity contribution in [2.45, 2.75) is 71.2 Å². The lowest BCUT2D eigenvalue weighted by Gasteiger charge is -2.44. The van der Waals surface area contributed by atoms with Gasteiger partial charge in [0.05, 0.1) is 6.61 Å². The van der Waals surface area contributed by atoms with Gasteiger partial charge in [-0.15, -0.1) is 0 Å². The third-order valence-corrected chi connectivity index (χ3v) is 4.68. The van der Waals surface area contributed by atoms with E-state index in [0.29, 0.717) is 6.42 Å². The van der Waals surface area contributed by atoms with E-state index < -0.39 is 54.6 Å². The molecule has 1 aromatic carbocycles. The molecule has 0 aromatic heterocycles. The SMILES string of the molecule is CC(=O)OC[C@H]1O[C@@H](OCCCc2ccccc2)[C@@H](OC(C)=O)[C@@H](OC(C)=O)[C@@H]1OC(C)=O. The van der Waals surface area contributed by atoms with Crippen molar-refractivity contribution in [2.75, 3.05) is 13.2 Å². The quantitative estimate of drug-likeness (QED) is 0.286. The van der Waals surface area contributed by atoms with Crippen LogP contribution in [0.25, 0.3) is 0 Å². The molecule has 0 aliphatic carbocycles. The number of carbonyl (C=O) groups excluding carboxylic acids is 4. The van der Waals surface area contributed by atoms with Crippen LogP contribution < -0.4 is 0 Å². The molecule has 0 amide bonds. The van der Waals surface area contributed by atoms with Crippen molar-refractivity contribution < 1.29 is 47.6 Å². The highest BCUT2D eigenvalue weighted by Crippen LogP contribution is 2.30. The van der Waals surface area contributed by atoms with E-state index >= 15 is 0 Å². The molecule has 1 fully saturated rings. The molecule has 0 N–H and O–H groups in total. The van der Waals surface area contributed by atoms with Gasteiger partial charge in [0.1, 0.15) is 12.7 Å². The van der Waals surface area contributed by atoms with Gasteiger partial charge in [-0.25, -0.2) is 0 Å². The van der Waals surface area contributed by atoms with Gasteiger partial charge < -0.3 is 28.4 Å². The van der Waals surface area contributed by atoms with Crippen LogP contribution in [0.1, 0.15) is 39.7 Å². The third kappa shape index (κ3) is 8.82. The molecule has 1 heterocycles. The van der Waals surface area contributed by atoms with Gasteiger partial charge in [-0.05, 0) is 18.4 Å². The van der Waals surface area contributed by atoms with Gasteiger partial charge in [0, 0.05) is 27.7 Å². The van der Waals surface area contributed by atoms with Crippen LogP contribution in [0.5, 0.6) is 0 Å². The van der Waals surface area contributed by atoms with E-state index in [1.165, 1.54) is 27.7 Å². The lowest BCUT2D eigenvalue weighted by Crippen LogP contribution is -2.63. The maximum Gasteiger partial charge on any atom is 0.303 e. The predicted molar refractivity (Wildman–Crippen MR) is 113 cm³/mol. The molecule has 5 atom stereocenters. The molecule has 1 saturated heterocycles. The zero-order valence-corrected chi connectivity index (χ0v) is 19.2. The summed E-state index contributed by atoms with van der Waals surface area (Å²) in [6.07, 6.45) is -4.43. The summed E-state index contributed by atoms with van der Waals surface area (Å²) in [7, 11) is 0. The molecule has 0 saturated carbocycles. The van der Waals surface area contributed by atoms with Crippen LogP contribution in [-0.4, -0.2) is 67.8 Å². The first kappa shape index (κ1) is 26.3. The zero-order valence-electron chi connectivity index (χ0n) is 19.2. The van der Waals surface area contributed by atoms with E-state index in [0.717, 1.165) is 12.0 Å². The summed E-state index contributed by atoms with van der Waals surface area (Å²) >= 11 is 0. The smallest absolute Gasteiger partial charge is 0.303 e. The molecule has 0 unspecified atom stereocenters. The number of hydrogen-bond acceptors (Lipinski definition) is 10. The Morgan fingerprint density at radius 3 is 1.94 bits per heavy atom. The Bertz CT molecular complexity index is 809. The van der Waals surface area contributed by atoms with E-state index in [1.54, 1.807) is 0 Å². The average Bonchev–Trinajstić information content (AvgIpc) is 2.73. The largest absolute Gasteiger partial charge is 0.463 e. The van der Waals surface area contributed by atoms with Gasteiger partial charge in [0.15, 0.2) is 24.6 Å². The number of ether oxygens (including phenoxy) is 6.